The van der Waals surface area contributed by atoms with Gasteiger partial charge in [0.15, 0.2) is 5.96 Å². The number of morpholine rings is 1. The SMILES string of the molecule is I.NC(=NCC1CN(Cc2ccccc2)CCO1)Nc1ccccn1. The van der Waals surface area contributed by atoms with Crippen LogP contribution in [0, 0.1) is 0 Å². The highest BCUT2D eigenvalue weighted by atomic mass is 127. The van der Waals surface area contributed by atoms with Crippen molar-refractivity contribution in [1.82, 2.24) is 9.88 Å². The number of pyridine rings is 1. The molecule has 1 unspecified atom stereocenters. The molecule has 1 atom stereocenters. The molecule has 3 rings (SSSR count). The molecule has 2 heterocycles. The fourth-order valence-electron chi connectivity index (χ4n) is 2.68. The molecule has 0 saturated carbocycles. The molecule has 3 N–H and O–H groups in total. The first kappa shape index (κ1) is 19.6. The number of nitrogens with zero attached hydrogens (tertiary/aromatic N) is 3. The quantitative estimate of drug-likeness (QED) is 0.413. The van der Waals surface area contributed by atoms with Crippen LogP contribution in [0.3, 0.4) is 0 Å². The van der Waals surface area contributed by atoms with Crippen molar-refractivity contribution in [2.24, 2.45) is 10.7 Å². The summed E-state index contributed by atoms with van der Waals surface area (Å²) in [5, 5.41) is 2.98. The smallest absolute Gasteiger partial charge is 0.194 e. The van der Waals surface area contributed by atoms with Gasteiger partial charge in [-0.15, -0.1) is 24.0 Å². The number of guanidine groups is 1. The van der Waals surface area contributed by atoms with Crippen molar-refractivity contribution < 1.29 is 4.74 Å². The van der Waals surface area contributed by atoms with E-state index in [-0.39, 0.29) is 30.1 Å². The van der Waals surface area contributed by atoms with Crippen molar-refractivity contribution in [1.29, 1.82) is 0 Å². The van der Waals surface area contributed by atoms with Gasteiger partial charge in [-0.25, -0.2) is 4.98 Å². The molecule has 1 aliphatic rings. The van der Waals surface area contributed by atoms with Gasteiger partial charge in [0.2, 0.25) is 0 Å². The zero-order chi connectivity index (χ0) is 16.6. The predicted octanol–water partition coefficient (Wildman–Crippen LogP) is 2.33. The summed E-state index contributed by atoms with van der Waals surface area (Å²) in [5.74, 6) is 1.05. The van der Waals surface area contributed by atoms with E-state index >= 15 is 0 Å². The van der Waals surface area contributed by atoms with Gasteiger partial charge >= 0.3 is 0 Å². The van der Waals surface area contributed by atoms with Crippen LogP contribution in [0.1, 0.15) is 5.56 Å². The van der Waals surface area contributed by atoms with Gasteiger partial charge in [-0.1, -0.05) is 36.4 Å². The summed E-state index contributed by atoms with van der Waals surface area (Å²) >= 11 is 0. The number of aromatic nitrogens is 1. The van der Waals surface area contributed by atoms with E-state index in [2.05, 4.69) is 44.5 Å². The first-order valence-electron chi connectivity index (χ1n) is 8.15. The van der Waals surface area contributed by atoms with E-state index < -0.39 is 0 Å². The van der Waals surface area contributed by atoms with E-state index in [9.17, 15) is 0 Å². The lowest BCUT2D eigenvalue weighted by Crippen LogP contribution is -2.43. The summed E-state index contributed by atoms with van der Waals surface area (Å²) < 4.78 is 5.80. The van der Waals surface area contributed by atoms with E-state index in [1.807, 2.05) is 24.3 Å². The third kappa shape index (κ3) is 6.60. The molecule has 134 valence electrons. The van der Waals surface area contributed by atoms with Crippen LogP contribution in [-0.4, -0.2) is 48.2 Å². The fraction of sp³-hybridized carbons (Fsp3) is 0.333. The fourth-order valence-corrected chi connectivity index (χ4v) is 2.68. The third-order valence-corrected chi connectivity index (χ3v) is 3.86. The Morgan fingerprint density at radius 3 is 2.80 bits per heavy atom. The van der Waals surface area contributed by atoms with Crippen molar-refractivity contribution in [3.05, 3.63) is 60.3 Å². The summed E-state index contributed by atoms with van der Waals surface area (Å²) in [6.45, 7) is 4.00. The molecule has 1 saturated heterocycles. The Balaban J connectivity index is 0.00000225. The molecular weight excluding hydrogens is 429 g/mol. The Bertz CT molecular complexity index is 653. The van der Waals surface area contributed by atoms with Gasteiger partial charge in [-0.2, -0.15) is 0 Å². The van der Waals surface area contributed by atoms with Gasteiger partial charge in [-0.05, 0) is 17.7 Å². The number of ether oxygens (including phenoxy) is 1. The average Bonchev–Trinajstić information content (AvgIpc) is 2.62. The van der Waals surface area contributed by atoms with Crippen LogP contribution in [0.4, 0.5) is 5.82 Å². The van der Waals surface area contributed by atoms with Gasteiger partial charge in [-0.3, -0.25) is 9.89 Å². The average molecular weight is 453 g/mol. The van der Waals surface area contributed by atoms with Crippen LogP contribution >= 0.6 is 24.0 Å². The number of nitrogens with two attached hydrogens (primary N) is 1. The van der Waals surface area contributed by atoms with Crippen molar-refractivity contribution >= 4 is 35.8 Å². The minimum Gasteiger partial charge on any atom is -0.374 e. The minimum atomic E-state index is 0. The highest BCUT2D eigenvalue weighted by Crippen LogP contribution is 2.10. The molecule has 1 fully saturated rings. The van der Waals surface area contributed by atoms with E-state index in [1.165, 1.54) is 5.56 Å². The molecule has 1 aliphatic heterocycles. The molecule has 7 heteroatoms. The van der Waals surface area contributed by atoms with Gasteiger partial charge in [0, 0.05) is 25.8 Å². The Morgan fingerprint density at radius 2 is 2.04 bits per heavy atom. The normalized spacial score (nSPS) is 18.4. The van der Waals surface area contributed by atoms with Gasteiger partial charge in [0.05, 0.1) is 19.3 Å². The lowest BCUT2D eigenvalue weighted by Gasteiger charge is -2.32. The second-order valence-corrected chi connectivity index (χ2v) is 5.78. The number of anilines is 1. The lowest BCUT2D eigenvalue weighted by molar-refractivity contribution is -0.0257. The summed E-state index contributed by atoms with van der Waals surface area (Å²) in [6.07, 6.45) is 1.77. The molecular formula is C18H24IN5O. The predicted molar refractivity (Wildman–Crippen MR) is 111 cm³/mol. The van der Waals surface area contributed by atoms with Crippen LogP contribution in [0.5, 0.6) is 0 Å². The number of benzene rings is 1. The van der Waals surface area contributed by atoms with Crippen molar-refractivity contribution in [2.75, 3.05) is 31.6 Å². The van der Waals surface area contributed by atoms with Crippen LogP contribution in [-0.2, 0) is 11.3 Å². The van der Waals surface area contributed by atoms with E-state index in [0.29, 0.717) is 18.3 Å². The summed E-state index contributed by atoms with van der Waals surface area (Å²) in [5.41, 5.74) is 7.23. The van der Waals surface area contributed by atoms with Crippen LogP contribution in [0.25, 0.3) is 0 Å². The molecule has 0 amide bonds. The Morgan fingerprint density at radius 1 is 1.24 bits per heavy atom. The summed E-state index contributed by atoms with van der Waals surface area (Å²) in [4.78, 5) is 10.9. The topological polar surface area (TPSA) is 75.8 Å². The van der Waals surface area contributed by atoms with Gasteiger partial charge < -0.3 is 15.8 Å². The van der Waals surface area contributed by atoms with Crippen molar-refractivity contribution in [3.63, 3.8) is 0 Å². The molecule has 0 aliphatic carbocycles. The van der Waals surface area contributed by atoms with Crippen LogP contribution in [0.15, 0.2) is 59.7 Å². The largest absolute Gasteiger partial charge is 0.374 e. The number of nitrogens with one attached hydrogen (secondary N) is 1. The van der Waals surface area contributed by atoms with Crippen molar-refractivity contribution in [2.45, 2.75) is 12.6 Å². The number of halogens is 1. The molecule has 0 bridgehead atoms. The summed E-state index contributed by atoms with van der Waals surface area (Å²) in [7, 11) is 0. The highest BCUT2D eigenvalue weighted by molar-refractivity contribution is 14.0. The molecule has 0 spiro atoms. The molecule has 1 aromatic heterocycles. The monoisotopic (exact) mass is 453 g/mol. The number of hydrogen-bond donors (Lipinski definition) is 2. The van der Waals surface area contributed by atoms with Gasteiger partial charge in [0.1, 0.15) is 5.82 Å². The highest BCUT2D eigenvalue weighted by Gasteiger charge is 2.20. The molecule has 25 heavy (non-hydrogen) atoms. The van der Waals surface area contributed by atoms with E-state index in [0.717, 1.165) is 26.2 Å². The standard InChI is InChI=1S/C18H23N5O.HI/c19-18(22-17-8-4-5-9-20-17)21-12-16-14-23(10-11-24-16)13-15-6-2-1-3-7-15;/h1-9,16H,10-14H2,(H3,19,20,21,22);1H. The zero-order valence-corrected chi connectivity index (χ0v) is 16.4. The Labute approximate surface area is 165 Å². The van der Waals surface area contributed by atoms with Crippen LogP contribution in [0.2, 0.25) is 0 Å². The second kappa shape index (κ2) is 10.3. The third-order valence-electron chi connectivity index (χ3n) is 3.86. The van der Waals surface area contributed by atoms with E-state index in [1.54, 1.807) is 6.20 Å². The Kier molecular flexibility index (Phi) is 8.10. The Hall–Kier alpha value is -1.71. The van der Waals surface area contributed by atoms with Gasteiger partial charge in [0.25, 0.3) is 0 Å². The molecule has 6 nitrogen and oxygen atoms in total. The summed E-state index contributed by atoms with van der Waals surface area (Å²) in [6, 6.07) is 16.1. The molecule has 1 aromatic carbocycles. The number of aliphatic imine (C=N–C) groups is 1. The zero-order valence-electron chi connectivity index (χ0n) is 14.0. The number of rotatable bonds is 5. The maximum absolute atomic E-state index is 5.91. The van der Waals surface area contributed by atoms with Crippen molar-refractivity contribution in [3.8, 4) is 0 Å². The lowest BCUT2D eigenvalue weighted by atomic mass is 10.2. The first-order valence-corrected chi connectivity index (χ1v) is 8.15. The molecule has 0 radical (unpaired) electrons. The first-order chi connectivity index (χ1) is 11.8. The number of hydrogen-bond acceptors (Lipinski definition) is 4. The second-order valence-electron chi connectivity index (χ2n) is 5.78. The molecule has 2 aromatic rings. The maximum Gasteiger partial charge on any atom is 0.194 e. The minimum absolute atomic E-state index is 0. The van der Waals surface area contributed by atoms with E-state index in [4.69, 9.17) is 10.5 Å². The van der Waals surface area contributed by atoms with Crippen LogP contribution < -0.4 is 11.1 Å². The maximum atomic E-state index is 5.91.